The first-order chi connectivity index (χ1) is 17.7. The number of rotatable bonds is 2. The van der Waals surface area contributed by atoms with Crippen molar-refractivity contribution in [3.63, 3.8) is 0 Å². The van der Waals surface area contributed by atoms with Gasteiger partial charge in [0.2, 0.25) is 0 Å². The monoisotopic (exact) mass is 584 g/mol. The zero-order valence-electron chi connectivity index (χ0n) is 25.6. The van der Waals surface area contributed by atoms with Crippen molar-refractivity contribution in [1.82, 2.24) is 0 Å². The third kappa shape index (κ3) is 8.27. The second kappa shape index (κ2) is 12.8. The summed E-state index contributed by atoms with van der Waals surface area (Å²) < 4.78 is 1.80. The number of fused-ring (bicyclic) bond motifs is 3. The molecule has 0 aromatic heterocycles. The summed E-state index contributed by atoms with van der Waals surface area (Å²) in [5, 5.41) is 0. The summed E-state index contributed by atoms with van der Waals surface area (Å²) in [6.07, 6.45) is 9.55. The molecule has 0 radical (unpaired) electrons. The molecule has 2 aliphatic carbocycles. The molecule has 0 saturated heterocycles. The van der Waals surface area contributed by atoms with Gasteiger partial charge >= 0.3 is 59.5 Å². The van der Waals surface area contributed by atoms with Crippen LogP contribution in [0.1, 0.15) is 129 Å². The molecular formula is C37H50Zr. The SMILES string of the molecule is CC(C)(C)c1c[c-]c2c(c1)-c1cc(C(C)(C)C)ccc1C2.CCC(C)(C)c1cc[cH-]c1.[Zr+2]=[C]1CCCCC1. The van der Waals surface area contributed by atoms with Crippen LogP contribution in [0.2, 0.25) is 0 Å². The maximum atomic E-state index is 3.53. The van der Waals surface area contributed by atoms with E-state index in [9.17, 15) is 0 Å². The maximum absolute atomic E-state index is 3.53. The second-order valence-electron chi connectivity index (χ2n) is 13.9. The standard InChI is InChI=1S/C21H25.C10H15.C6H10.Zr/c1-20(2,3)16-9-7-14-11-15-8-10-17(21(4,5)6)13-19(15)18(14)12-16;1-4-10(2,3)9-7-5-6-8-9;1-2-4-6-5-3-1;/h7,9-10,12-13H,11H2,1-6H3;5-8H,4H2,1-3H3;1-5H2;/q2*-1;;+2. The Morgan fingerprint density at radius 1 is 0.789 bits per heavy atom. The van der Waals surface area contributed by atoms with Crippen molar-refractivity contribution in [2.75, 3.05) is 0 Å². The van der Waals surface area contributed by atoms with E-state index in [0.717, 1.165) is 6.42 Å². The molecule has 1 heteroatoms. The number of benzene rings is 2. The third-order valence-electron chi connectivity index (χ3n) is 8.31. The Morgan fingerprint density at radius 3 is 1.92 bits per heavy atom. The van der Waals surface area contributed by atoms with Gasteiger partial charge in [-0.25, -0.2) is 6.07 Å². The Morgan fingerprint density at radius 2 is 1.42 bits per heavy atom. The van der Waals surface area contributed by atoms with Crippen molar-refractivity contribution in [2.24, 2.45) is 0 Å². The minimum absolute atomic E-state index is 0.177. The van der Waals surface area contributed by atoms with E-state index < -0.39 is 0 Å². The van der Waals surface area contributed by atoms with Crippen molar-refractivity contribution >= 4 is 3.21 Å². The fraction of sp³-hybridized carbons (Fsp3) is 0.514. The van der Waals surface area contributed by atoms with Gasteiger partial charge in [-0.05, 0) is 17.4 Å². The molecule has 0 atom stereocenters. The fourth-order valence-electron chi connectivity index (χ4n) is 4.99. The Labute approximate surface area is 249 Å². The van der Waals surface area contributed by atoms with Crippen LogP contribution >= 0.6 is 0 Å². The van der Waals surface area contributed by atoms with Crippen molar-refractivity contribution in [1.29, 1.82) is 0 Å². The summed E-state index contributed by atoms with van der Waals surface area (Å²) in [5.74, 6) is 0. The third-order valence-corrected chi connectivity index (χ3v) is 9.54. The van der Waals surface area contributed by atoms with Crippen LogP contribution in [0.25, 0.3) is 11.1 Å². The molecule has 0 aliphatic heterocycles. The van der Waals surface area contributed by atoms with Crippen LogP contribution in [0.15, 0.2) is 54.6 Å². The zero-order valence-corrected chi connectivity index (χ0v) is 28.1. The molecule has 3 aromatic rings. The van der Waals surface area contributed by atoms with E-state index >= 15 is 0 Å². The molecule has 0 heterocycles. The molecule has 0 N–H and O–H groups in total. The topological polar surface area (TPSA) is 0 Å². The van der Waals surface area contributed by atoms with Crippen molar-refractivity contribution in [2.45, 2.75) is 124 Å². The van der Waals surface area contributed by atoms with Gasteiger partial charge in [-0.3, -0.25) is 0 Å². The Kier molecular flexibility index (Phi) is 10.5. The van der Waals surface area contributed by atoms with Gasteiger partial charge in [0.05, 0.1) is 0 Å². The van der Waals surface area contributed by atoms with Gasteiger partial charge in [0.25, 0.3) is 0 Å². The van der Waals surface area contributed by atoms with E-state index in [1.807, 2.05) is 0 Å². The molecule has 1 saturated carbocycles. The first-order valence-corrected chi connectivity index (χ1v) is 15.9. The quantitative estimate of drug-likeness (QED) is 0.205. The molecule has 0 unspecified atom stereocenters. The van der Waals surface area contributed by atoms with Crippen LogP contribution in [-0.4, -0.2) is 3.21 Å². The Hall–Kier alpha value is -1.46. The van der Waals surface area contributed by atoms with Gasteiger partial charge < -0.3 is 0 Å². The predicted octanol–water partition coefficient (Wildman–Crippen LogP) is 10.4. The van der Waals surface area contributed by atoms with Gasteiger partial charge in [-0.2, -0.15) is 53.1 Å². The predicted molar refractivity (Wildman–Crippen MR) is 164 cm³/mol. The van der Waals surface area contributed by atoms with Crippen molar-refractivity contribution in [3.05, 3.63) is 88.5 Å². The Bertz CT molecular complexity index is 1120. The normalized spacial score (nSPS) is 15.1. The summed E-state index contributed by atoms with van der Waals surface area (Å²) >= 11 is 1.69. The van der Waals surface area contributed by atoms with E-state index in [0.29, 0.717) is 5.41 Å². The Balaban J connectivity index is 0.000000194. The molecule has 2 aliphatic rings. The van der Waals surface area contributed by atoms with E-state index in [1.54, 1.807) is 27.4 Å². The van der Waals surface area contributed by atoms with Crippen LogP contribution in [0.5, 0.6) is 0 Å². The van der Waals surface area contributed by atoms with E-state index in [4.69, 9.17) is 0 Å². The first kappa shape index (κ1) is 31.1. The molecule has 0 spiro atoms. The van der Waals surface area contributed by atoms with E-state index in [-0.39, 0.29) is 10.8 Å². The molecule has 202 valence electrons. The summed E-state index contributed by atoms with van der Waals surface area (Å²) in [4.78, 5) is 0. The van der Waals surface area contributed by atoms with Crippen LogP contribution in [0.3, 0.4) is 0 Å². The van der Waals surface area contributed by atoms with Crippen LogP contribution < -0.4 is 0 Å². The molecule has 0 nitrogen and oxygen atoms in total. The molecule has 3 aromatic carbocycles. The summed E-state index contributed by atoms with van der Waals surface area (Å²) in [6.45, 7) is 20.4. The second-order valence-corrected chi connectivity index (χ2v) is 15.6. The van der Waals surface area contributed by atoms with Crippen LogP contribution in [0.4, 0.5) is 0 Å². The summed E-state index contributed by atoms with van der Waals surface area (Å²) in [5.41, 5.74) is 10.6. The number of hydrogen-bond acceptors (Lipinski definition) is 0. The molecule has 0 bridgehead atoms. The van der Waals surface area contributed by atoms with Crippen LogP contribution in [-0.2, 0) is 46.9 Å². The molecule has 5 rings (SSSR count). The fourth-order valence-corrected chi connectivity index (χ4v) is 5.86. The first-order valence-electron chi connectivity index (χ1n) is 14.7. The minimum atomic E-state index is 0.177. The summed E-state index contributed by atoms with van der Waals surface area (Å²) in [6, 6.07) is 23.7. The van der Waals surface area contributed by atoms with Gasteiger partial charge in [0, 0.05) is 0 Å². The van der Waals surface area contributed by atoms with Crippen LogP contribution in [0, 0.1) is 6.07 Å². The van der Waals surface area contributed by atoms with Crippen molar-refractivity contribution < 1.29 is 24.2 Å². The zero-order chi connectivity index (χ0) is 28.1. The average Bonchev–Trinajstić information content (AvgIpc) is 3.52. The molecule has 38 heavy (non-hydrogen) atoms. The van der Waals surface area contributed by atoms with Gasteiger partial charge in [0.15, 0.2) is 0 Å². The molecule has 0 amide bonds. The molecule has 1 fully saturated rings. The number of hydrogen-bond donors (Lipinski definition) is 0. The summed E-state index contributed by atoms with van der Waals surface area (Å²) in [7, 11) is 0. The average molecular weight is 586 g/mol. The van der Waals surface area contributed by atoms with Gasteiger partial charge in [0.1, 0.15) is 0 Å². The molecular weight excluding hydrogens is 536 g/mol. The van der Waals surface area contributed by atoms with Crippen molar-refractivity contribution in [3.8, 4) is 11.1 Å². The van der Waals surface area contributed by atoms with Gasteiger partial charge in [-0.1, -0.05) is 109 Å². The van der Waals surface area contributed by atoms with E-state index in [2.05, 4.69) is 123 Å². The van der Waals surface area contributed by atoms with Gasteiger partial charge in [-0.15, -0.1) is 5.56 Å². The van der Waals surface area contributed by atoms with E-state index in [1.165, 1.54) is 77.5 Å².